The summed E-state index contributed by atoms with van der Waals surface area (Å²) in [5.41, 5.74) is -4.54. The molecular formula is C47H77N3O15S. The molecule has 4 aliphatic rings. The van der Waals surface area contributed by atoms with Crippen LogP contribution in [0.5, 0.6) is 0 Å². The van der Waals surface area contributed by atoms with E-state index in [9.17, 15) is 29.4 Å². The van der Waals surface area contributed by atoms with Gasteiger partial charge in [0.15, 0.2) is 18.2 Å². The standard InChI is InChI=1S/C47H77N3O15S/c1-16-31-47(11)33(37(42(56)65-47)66-18-17-50-22-24(3)40(54)48-44(50)57)26(5)34(51)23(2)20-46(10,59-15)39(64-43-35(52)30(49(12)13)19-25(4)60-43)27(6)36(28(7)41(55)62-31)63-32-21-45(9,58-14)38(53)29(8)61-32/h22-23,25-33,35-39,43,52-53H,16-21H2,1-15H3,(H,48,54,57)/t23-,25-,26+,27+,28-,29-,30+,31-,32+,33?,35-,36+,37?,38+,39-,43+,45-,46-,47-/m1/s1. The van der Waals surface area contributed by atoms with Crippen LogP contribution in [-0.2, 0) is 58.8 Å². The molecule has 66 heavy (non-hydrogen) atoms. The van der Waals surface area contributed by atoms with Gasteiger partial charge in [0.25, 0.3) is 5.56 Å². The van der Waals surface area contributed by atoms with Crippen LogP contribution in [-0.4, -0.2) is 160 Å². The van der Waals surface area contributed by atoms with Crippen LogP contribution in [0.2, 0.25) is 0 Å². The fourth-order valence-corrected chi connectivity index (χ4v) is 12.4. The summed E-state index contributed by atoms with van der Waals surface area (Å²) < 4.78 is 52.8. The number of H-pyrrole nitrogens is 1. The second-order valence-electron chi connectivity index (χ2n) is 20.1. The van der Waals surface area contributed by atoms with E-state index in [1.54, 1.807) is 41.5 Å². The van der Waals surface area contributed by atoms with Crippen molar-refractivity contribution in [3.63, 3.8) is 0 Å². The van der Waals surface area contributed by atoms with E-state index in [0.717, 1.165) is 0 Å². The van der Waals surface area contributed by atoms with E-state index in [0.29, 0.717) is 12.0 Å². The Morgan fingerprint density at radius 1 is 0.909 bits per heavy atom. The molecule has 5 rings (SSSR count). The van der Waals surface area contributed by atoms with E-state index >= 15 is 4.79 Å². The first-order valence-electron chi connectivity index (χ1n) is 23.4. The minimum absolute atomic E-state index is 0.103. The molecule has 5 heterocycles. The first-order chi connectivity index (χ1) is 30.8. The lowest BCUT2D eigenvalue weighted by molar-refractivity contribution is -0.319. The summed E-state index contributed by atoms with van der Waals surface area (Å²) in [4.78, 5) is 73.0. The third kappa shape index (κ3) is 11.0. The molecule has 3 N–H and O–H groups in total. The summed E-state index contributed by atoms with van der Waals surface area (Å²) in [6.45, 7) is 19.6. The van der Waals surface area contributed by atoms with E-state index in [2.05, 4.69) is 4.98 Å². The van der Waals surface area contributed by atoms with Crippen molar-refractivity contribution in [1.29, 1.82) is 0 Å². The molecule has 4 fully saturated rings. The number of aryl methyl sites for hydroxylation is 2. The molecule has 0 radical (unpaired) electrons. The summed E-state index contributed by atoms with van der Waals surface area (Å²) in [5.74, 6) is -5.28. The highest BCUT2D eigenvalue weighted by Crippen LogP contribution is 2.49. The number of methoxy groups -OCH3 is 2. The number of rotatable bonds is 12. The average Bonchev–Trinajstić information content (AvgIpc) is 3.52. The molecule has 19 atom stereocenters. The largest absolute Gasteiger partial charge is 0.458 e. The van der Waals surface area contributed by atoms with Crippen molar-refractivity contribution in [1.82, 2.24) is 14.5 Å². The number of cyclic esters (lactones) is 1. The first-order valence-corrected chi connectivity index (χ1v) is 24.5. The number of nitrogens with one attached hydrogen (secondary N) is 1. The number of hydrogen-bond acceptors (Lipinski definition) is 17. The Labute approximate surface area is 393 Å². The maximum Gasteiger partial charge on any atom is 0.328 e. The van der Waals surface area contributed by atoms with Crippen LogP contribution in [0, 0.1) is 36.5 Å². The fourth-order valence-electron chi connectivity index (χ4n) is 11.0. The van der Waals surface area contributed by atoms with Gasteiger partial charge in [0.1, 0.15) is 29.3 Å². The van der Waals surface area contributed by atoms with Crippen molar-refractivity contribution < 1.29 is 62.5 Å². The van der Waals surface area contributed by atoms with Gasteiger partial charge in [0, 0.05) is 74.4 Å². The van der Waals surface area contributed by atoms with Crippen LogP contribution in [0.25, 0.3) is 0 Å². The van der Waals surface area contributed by atoms with Crippen molar-refractivity contribution in [2.75, 3.05) is 34.1 Å². The number of thioether (sulfide) groups is 1. The summed E-state index contributed by atoms with van der Waals surface area (Å²) in [5, 5.41) is 22.0. The highest BCUT2D eigenvalue weighted by Gasteiger charge is 2.62. The number of hydrogen-bond donors (Lipinski definition) is 3. The number of fused-ring (bicyclic) bond motifs is 1. The van der Waals surface area contributed by atoms with Gasteiger partial charge < -0.3 is 53.0 Å². The molecule has 19 heteroatoms. The van der Waals surface area contributed by atoms with E-state index in [-0.39, 0.29) is 49.5 Å². The monoisotopic (exact) mass is 956 g/mol. The minimum atomic E-state index is -1.46. The number of likely N-dealkylation sites (N-methyl/N-ethyl adjacent to an activating group) is 1. The minimum Gasteiger partial charge on any atom is -0.458 e. The molecular weight excluding hydrogens is 879 g/mol. The highest BCUT2D eigenvalue weighted by molar-refractivity contribution is 8.00. The highest BCUT2D eigenvalue weighted by atomic mass is 32.2. The predicted octanol–water partition coefficient (Wildman–Crippen LogP) is 3.22. The molecule has 4 saturated heterocycles. The maximum atomic E-state index is 15.0. The summed E-state index contributed by atoms with van der Waals surface area (Å²) in [6.07, 6.45) is -5.82. The van der Waals surface area contributed by atoms with Gasteiger partial charge in [0.2, 0.25) is 0 Å². The molecule has 0 bridgehead atoms. The van der Waals surface area contributed by atoms with Gasteiger partial charge >= 0.3 is 17.6 Å². The van der Waals surface area contributed by atoms with Crippen molar-refractivity contribution in [3.05, 3.63) is 32.6 Å². The van der Waals surface area contributed by atoms with Gasteiger partial charge in [0.05, 0.1) is 41.5 Å². The Morgan fingerprint density at radius 3 is 2.17 bits per heavy atom. The van der Waals surface area contributed by atoms with Crippen molar-refractivity contribution in [3.8, 4) is 0 Å². The van der Waals surface area contributed by atoms with Gasteiger partial charge in [-0.3, -0.25) is 28.7 Å². The van der Waals surface area contributed by atoms with E-state index in [1.807, 2.05) is 53.6 Å². The van der Waals surface area contributed by atoms with Gasteiger partial charge in [-0.2, -0.15) is 0 Å². The quantitative estimate of drug-likeness (QED) is 0.256. The number of ketones is 1. The number of aromatic amines is 1. The van der Waals surface area contributed by atoms with Crippen molar-refractivity contribution in [2.24, 2.45) is 29.6 Å². The molecule has 0 aliphatic carbocycles. The topological polar surface area (TPSA) is 224 Å². The Bertz CT molecular complexity index is 1980. The van der Waals surface area contributed by atoms with E-state index < -0.39 is 124 Å². The van der Waals surface area contributed by atoms with Crippen LogP contribution in [0.15, 0.2) is 15.8 Å². The second-order valence-corrected chi connectivity index (χ2v) is 21.4. The molecule has 4 aliphatic heterocycles. The number of aliphatic hydroxyl groups excluding tert-OH is 2. The predicted molar refractivity (Wildman–Crippen MR) is 245 cm³/mol. The SMILES string of the molecule is CC[C@H]1OC(=O)[C@H](C)[C@@H](O[C@H]2C[C@@](C)(OC)[C@@H](O)[C@@H](C)O2)[C@H](C)[C@@H](O[C@@H]2O[C@H](C)C[C@H](N(C)C)[C@H]2O)[C@](C)(OC)C[C@@H](C)C(=O)[C@@H](C)C2C(SCCn3cc(C)c(=O)[nH]c3=O)C(=O)O[C@@]21C. The molecule has 0 amide bonds. The number of nitrogens with zero attached hydrogens (tertiary/aromatic N) is 2. The van der Waals surface area contributed by atoms with Crippen LogP contribution < -0.4 is 11.2 Å². The Hall–Kier alpha value is -2.72. The number of aromatic nitrogens is 2. The van der Waals surface area contributed by atoms with E-state index in [1.165, 1.54) is 36.7 Å². The van der Waals surface area contributed by atoms with Crippen molar-refractivity contribution >= 4 is 29.5 Å². The number of esters is 2. The zero-order valence-corrected chi connectivity index (χ0v) is 42.4. The fraction of sp³-hybridized carbons (Fsp3) is 0.851. The summed E-state index contributed by atoms with van der Waals surface area (Å²) >= 11 is 1.24. The number of carbonyl (C=O) groups is 3. The van der Waals surface area contributed by atoms with Crippen LogP contribution in [0.3, 0.4) is 0 Å². The van der Waals surface area contributed by atoms with Gasteiger partial charge in [-0.15, -0.1) is 11.8 Å². The Morgan fingerprint density at radius 2 is 1.56 bits per heavy atom. The molecule has 0 spiro atoms. The normalized spacial score (nSPS) is 43.0. The molecule has 376 valence electrons. The molecule has 1 aromatic heterocycles. The molecule has 1 aromatic rings. The van der Waals surface area contributed by atoms with Gasteiger partial charge in [-0.05, 0) is 81.8 Å². The van der Waals surface area contributed by atoms with Crippen LogP contribution >= 0.6 is 11.8 Å². The van der Waals surface area contributed by atoms with Gasteiger partial charge in [-0.25, -0.2) is 4.79 Å². The lowest BCUT2D eigenvalue weighted by atomic mass is 9.70. The maximum absolute atomic E-state index is 15.0. The second kappa shape index (κ2) is 21.5. The number of ether oxygens (including phenoxy) is 8. The zero-order chi connectivity index (χ0) is 49.4. The first kappa shape index (κ1) is 54.2. The van der Waals surface area contributed by atoms with Crippen LogP contribution in [0.1, 0.15) is 100 Å². The number of aliphatic hydroxyl groups is 2. The third-order valence-electron chi connectivity index (χ3n) is 15.1. The van der Waals surface area contributed by atoms with Crippen molar-refractivity contribution in [2.45, 2.75) is 192 Å². The zero-order valence-electron chi connectivity index (χ0n) is 41.6. The number of Topliss-reactive ketones (excluding diaryl/α,β-unsaturated/α-hetero) is 1. The lowest BCUT2D eigenvalue weighted by Gasteiger charge is -2.50. The Kier molecular flexibility index (Phi) is 17.7. The number of carbonyl (C=O) groups excluding carboxylic acids is 3. The third-order valence-corrected chi connectivity index (χ3v) is 16.3. The molecule has 2 unspecified atom stereocenters. The molecule has 0 aromatic carbocycles. The average molecular weight is 956 g/mol. The summed E-state index contributed by atoms with van der Waals surface area (Å²) in [6, 6.07) is -0.317. The summed E-state index contributed by atoms with van der Waals surface area (Å²) in [7, 11) is 6.78. The molecule has 18 nitrogen and oxygen atoms in total. The van der Waals surface area contributed by atoms with E-state index in [4.69, 9.17) is 37.9 Å². The Balaban J connectivity index is 1.61. The van der Waals surface area contributed by atoms with Gasteiger partial charge in [-0.1, -0.05) is 27.7 Å². The van der Waals surface area contributed by atoms with Crippen LogP contribution in [0.4, 0.5) is 0 Å². The lowest BCUT2D eigenvalue weighted by Crippen LogP contribution is -2.61. The molecule has 0 saturated carbocycles. The smallest absolute Gasteiger partial charge is 0.328 e.